The third-order valence-corrected chi connectivity index (χ3v) is 3.91. The number of hydrogen-bond acceptors (Lipinski definition) is 1. The van der Waals surface area contributed by atoms with Gasteiger partial charge in [0.1, 0.15) is 5.82 Å². The summed E-state index contributed by atoms with van der Waals surface area (Å²) in [7, 11) is 0. The number of benzene rings is 1. The lowest BCUT2D eigenvalue weighted by Gasteiger charge is -2.23. The molecule has 1 aliphatic carbocycles. The van der Waals surface area contributed by atoms with E-state index in [0.717, 1.165) is 18.5 Å². The van der Waals surface area contributed by atoms with Gasteiger partial charge in [0.05, 0.1) is 0 Å². The van der Waals surface area contributed by atoms with Crippen LogP contribution in [0.4, 0.5) is 4.39 Å². The molecule has 0 saturated carbocycles. The van der Waals surface area contributed by atoms with Crippen LogP contribution >= 0.6 is 0 Å². The molecule has 0 amide bonds. The molecule has 2 rings (SSSR count). The fourth-order valence-electron chi connectivity index (χ4n) is 2.92. The van der Waals surface area contributed by atoms with Gasteiger partial charge in [-0.3, -0.25) is 0 Å². The van der Waals surface area contributed by atoms with Crippen molar-refractivity contribution in [2.24, 2.45) is 0 Å². The third kappa shape index (κ3) is 3.90. The zero-order chi connectivity index (χ0) is 13.7. The highest BCUT2D eigenvalue weighted by Gasteiger charge is 2.16. The van der Waals surface area contributed by atoms with Crippen LogP contribution in [0, 0.1) is 12.7 Å². The van der Waals surface area contributed by atoms with E-state index < -0.39 is 0 Å². The Balaban J connectivity index is 2.16. The molecule has 1 aliphatic rings. The van der Waals surface area contributed by atoms with E-state index in [2.05, 4.69) is 18.3 Å². The number of aryl methyl sites for hydroxylation is 1. The van der Waals surface area contributed by atoms with Crippen molar-refractivity contribution in [1.29, 1.82) is 0 Å². The van der Waals surface area contributed by atoms with Gasteiger partial charge in [-0.2, -0.15) is 0 Å². The Hall–Kier alpha value is -1.15. The molecule has 0 aromatic heterocycles. The zero-order valence-corrected chi connectivity index (χ0v) is 12.0. The van der Waals surface area contributed by atoms with Gasteiger partial charge in [0.25, 0.3) is 0 Å². The van der Waals surface area contributed by atoms with Gasteiger partial charge >= 0.3 is 0 Å². The molecule has 19 heavy (non-hydrogen) atoms. The summed E-state index contributed by atoms with van der Waals surface area (Å²) in [5.41, 5.74) is 3.83. The van der Waals surface area contributed by atoms with Crippen LogP contribution in [-0.4, -0.2) is 6.54 Å². The second-order valence-corrected chi connectivity index (χ2v) is 5.42. The molecule has 104 valence electrons. The fourth-order valence-corrected chi connectivity index (χ4v) is 2.92. The van der Waals surface area contributed by atoms with Crippen molar-refractivity contribution in [2.75, 3.05) is 6.54 Å². The molecule has 2 heteroatoms. The Morgan fingerprint density at radius 1 is 1.32 bits per heavy atom. The van der Waals surface area contributed by atoms with Crippen molar-refractivity contribution in [1.82, 2.24) is 5.32 Å². The lowest BCUT2D eigenvalue weighted by atomic mass is 9.90. The van der Waals surface area contributed by atoms with E-state index in [0.29, 0.717) is 6.04 Å². The lowest BCUT2D eigenvalue weighted by molar-refractivity contribution is 0.524. The highest BCUT2D eigenvalue weighted by molar-refractivity contribution is 5.31. The standard InChI is InChI=1S/C17H24FN/c1-3-19-17(12-14-7-5-4-6-8-14)16-10-9-15(18)11-13(16)2/h7,9-11,17,19H,3-6,8,12H2,1-2H3. The normalized spacial score (nSPS) is 17.1. The Labute approximate surface area is 115 Å². The molecule has 1 unspecified atom stereocenters. The fraction of sp³-hybridized carbons (Fsp3) is 0.529. The molecule has 0 radical (unpaired) electrons. The van der Waals surface area contributed by atoms with E-state index in [-0.39, 0.29) is 5.82 Å². The molecule has 0 fully saturated rings. The topological polar surface area (TPSA) is 12.0 Å². The molecule has 1 aromatic rings. The molecular weight excluding hydrogens is 237 g/mol. The van der Waals surface area contributed by atoms with Crippen LogP contribution in [0.1, 0.15) is 56.2 Å². The van der Waals surface area contributed by atoms with Gasteiger partial charge in [0, 0.05) is 6.04 Å². The maximum absolute atomic E-state index is 13.2. The van der Waals surface area contributed by atoms with Gasteiger partial charge in [-0.25, -0.2) is 4.39 Å². The maximum Gasteiger partial charge on any atom is 0.123 e. The summed E-state index contributed by atoms with van der Waals surface area (Å²) in [5, 5.41) is 3.54. The largest absolute Gasteiger partial charge is 0.310 e. The van der Waals surface area contributed by atoms with Crippen LogP contribution in [0.15, 0.2) is 29.8 Å². The minimum atomic E-state index is -0.145. The second-order valence-electron chi connectivity index (χ2n) is 5.42. The van der Waals surface area contributed by atoms with E-state index in [9.17, 15) is 4.39 Å². The van der Waals surface area contributed by atoms with Crippen molar-refractivity contribution < 1.29 is 4.39 Å². The third-order valence-electron chi connectivity index (χ3n) is 3.91. The summed E-state index contributed by atoms with van der Waals surface area (Å²) < 4.78 is 13.2. The van der Waals surface area contributed by atoms with Gasteiger partial charge in [-0.1, -0.05) is 24.6 Å². The van der Waals surface area contributed by atoms with E-state index in [4.69, 9.17) is 0 Å². The van der Waals surface area contributed by atoms with Crippen molar-refractivity contribution in [3.05, 3.63) is 46.8 Å². The SMILES string of the molecule is CCNC(CC1=CCCCC1)c1ccc(F)cc1C. The smallest absolute Gasteiger partial charge is 0.123 e. The van der Waals surface area contributed by atoms with Crippen LogP contribution in [0.5, 0.6) is 0 Å². The van der Waals surface area contributed by atoms with Crippen molar-refractivity contribution in [3.8, 4) is 0 Å². The molecule has 0 spiro atoms. The van der Waals surface area contributed by atoms with E-state index in [1.54, 1.807) is 17.7 Å². The van der Waals surface area contributed by atoms with Crippen LogP contribution in [0.3, 0.4) is 0 Å². The Bertz CT molecular complexity index is 451. The highest BCUT2D eigenvalue weighted by atomic mass is 19.1. The number of nitrogens with one attached hydrogen (secondary N) is 1. The Morgan fingerprint density at radius 3 is 2.79 bits per heavy atom. The van der Waals surface area contributed by atoms with E-state index in [1.165, 1.54) is 31.2 Å². The molecule has 0 saturated heterocycles. The van der Waals surface area contributed by atoms with Crippen molar-refractivity contribution in [3.63, 3.8) is 0 Å². The summed E-state index contributed by atoms with van der Waals surface area (Å²) in [5.74, 6) is -0.145. The first-order valence-corrected chi connectivity index (χ1v) is 7.38. The summed E-state index contributed by atoms with van der Waals surface area (Å²) in [6, 6.07) is 5.45. The van der Waals surface area contributed by atoms with Crippen LogP contribution in [0.25, 0.3) is 0 Å². The molecule has 1 nitrogen and oxygen atoms in total. The quantitative estimate of drug-likeness (QED) is 0.759. The van der Waals surface area contributed by atoms with Gasteiger partial charge in [-0.05, 0) is 68.8 Å². The number of hydrogen-bond donors (Lipinski definition) is 1. The van der Waals surface area contributed by atoms with Gasteiger partial charge in [0.15, 0.2) is 0 Å². The maximum atomic E-state index is 13.2. The summed E-state index contributed by atoms with van der Waals surface area (Å²) in [6.45, 7) is 5.06. The van der Waals surface area contributed by atoms with Gasteiger partial charge < -0.3 is 5.32 Å². The first kappa shape index (κ1) is 14.3. The molecule has 0 heterocycles. The molecule has 1 atom stereocenters. The molecular formula is C17H24FN. The first-order chi connectivity index (χ1) is 9.20. The average molecular weight is 261 g/mol. The number of allylic oxidation sites excluding steroid dienone is 1. The minimum absolute atomic E-state index is 0.145. The van der Waals surface area contributed by atoms with E-state index in [1.807, 2.05) is 13.0 Å². The summed E-state index contributed by atoms with van der Waals surface area (Å²) >= 11 is 0. The van der Waals surface area contributed by atoms with E-state index >= 15 is 0 Å². The minimum Gasteiger partial charge on any atom is -0.310 e. The summed E-state index contributed by atoms with van der Waals surface area (Å²) in [6.07, 6.45) is 8.53. The first-order valence-electron chi connectivity index (χ1n) is 7.38. The molecule has 1 N–H and O–H groups in total. The zero-order valence-electron chi connectivity index (χ0n) is 12.0. The average Bonchev–Trinajstić information content (AvgIpc) is 2.39. The number of halogens is 1. The van der Waals surface area contributed by atoms with Crippen molar-refractivity contribution >= 4 is 0 Å². The van der Waals surface area contributed by atoms with Crippen LogP contribution < -0.4 is 5.32 Å². The van der Waals surface area contributed by atoms with Gasteiger partial charge in [-0.15, -0.1) is 0 Å². The predicted molar refractivity (Wildman–Crippen MR) is 78.7 cm³/mol. The second kappa shape index (κ2) is 6.85. The molecule has 1 aromatic carbocycles. The Kier molecular flexibility index (Phi) is 5.15. The van der Waals surface area contributed by atoms with Crippen molar-refractivity contribution in [2.45, 2.75) is 52.0 Å². The Morgan fingerprint density at radius 2 is 2.16 bits per heavy atom. The molecule has 0 aliphatic heterocycles. The monoisotopic (exact) mass is 261 g/mol. The van der Waals surface area contributed by atoms with Crippen LogP contribution in [0.2, 0.25) is 0 Å². The van der Waals surface area contributed by atoms with Gasteiger partial charge in [0.2, 0.25) is 0 Å². The highest BCUT2D eigenvalue weighted by Crippen LogP contribution is 2.29. The van der Waals surface area contributed by atoms with Crippen LogP contribution in [-0.2, 0) is 0 Å². The summed E-state index contributed by atoms with van der Waals surface area (Å²) in [4.78, 5) is 0. The lowest BCUT2D eigenvalue weighted by Crippen LogP contribution is -2.22. The molecule has 0 bridgehead atoms. The number of rotatable bonds is 5. The predicted octanol–water partition coefficient (Wildman–Crippen LogP) is 4.68.